The highest BCUT2D eigenvalue weighted by Crippen LogP contribution is 2.35. The maximum atomic E-state index is 12.1. The van der Waals surface area contributed by atoms with E-state index in [1.54, 1.807) is 16.9 Å². The first-order chi connectivity index (χ1) is 9.93. The number of nitrogens with zero attached hydrogens (tertiary/aromatic N) is 3. The number of nitrogens with one attached hydrogen (secondary N) is 1. The molecule has 110 valence electrons. The maximum Gasteiger partial charge on any atom is 0.329 e. The monoisotopic (exact) mass is 288 g/mol. The molecular formula is C14H16N4O3. The van der Waals surface area contributed by atoms with Gasteiger partial charge in [0, 0.05) is 17.6 Å². The molecule has 0 saturated heterocycles. The zero-order valence-corrected chi connectivity index (χ0v) is 11.8. The average Bonchev–Trinajstić information content (AvgIpc) is 3.09. The highest BCUT2D eigenvalue weighted by molar-refractivity contribution is 6.00. The van der Waals surface area contributed by atoms with Crippen molar-refractivity contribution >= 4 is 22.9 Å². The van der Waals surface area contributed by atoms with Crippen LogP contribution >= 0.6 is 0 Å². The van der Waals surface area contributed by atoms with Gasteiger partial charge in [-0.2, -0.15) is 5.10 Å². The van der Waals surface area contributed by atoms with Crippen molar-refractivity contribution in [1.82, 2.24) is 20.1 Å². The van der Waals surface area contributed by atoms with Crippen LogP contribution in [0.4, 0.5) is 0 Å². The Kier molecular flexibility index (Phi) is 2.93. The minimum Gasteiger partial charge on any atom is -0.480 e. The second-order valence-electron chi connectivity index (χ2n) is 5.66. The molecule has 2 heterocycles. The summed E-state index contributed by atoms with van der Waals surface area (Å²) < 4.78 is 1.77. The normalized spacial score (nSPS) is 16.1. The molecule has 0 atom stereocenters. The van der Waals surface area contributed by atoms with Crippen LogP contribution in [0.1, 0.15) is 43.1 Å². The molecule has 0 spiro atoms. The van der Waals surface area contributed by atoms with Gasteiger partial charge in [0.15, 0.2) is 5.65 Å². The molecule has 7 heteroatoms. The first-order valence-corrected chi connectivity index (χ1v) is 6.82. The van der Waals surface area contributed by atoms with Gasteiger partial charge in [0.05, 0.1) is 11.8 Å². The number of aromatic nitrogens is 3. The molecule has 0 aromatic carbocycles. The molecule has 21 heavy (non-hydrogen) atoms. The first-order valence-electron chi connectivity index (χ1n) is 6.82. The molecule has 0 aliphatic heterocycles. The zero-order chi connectivity index (χ0) is 15.2. The molecule has 1 aliphatic rings. The SMILES string of the molecule is CC(C)n1ncc2cc(C(=O)NC3(C(=O)O)CC3)cnc21. The quantitative estimate of drug-likeness (QED) is 0.885. The predicted molar refractivity (Wildman–Crippen MR) is 75.0 cm³/mol. The van der Waals surface area contributed by atoms with E-state index in [9.17, 15) is 9.59 Å². The molecule has 1 saturated carbocycles. The van der Waals surface area contributed by atoms with Crippen LogP contribution in [0, 0.1) is 0 Å². The van der Waals surface area contributed by atoms with Crippen LogP contribution in [0.2, 0.25) is 0 Å². The van der Waals surface area contributed by atoms with Crippen molar-refractivity contribution in [1.29, 1.82) is 0 Å². The van der Waals surface area contributed by atoms with Gasteiger partial charge in [-0.15, -0.1) is 0 Å². The lowest BCUT2D eigenvalue weighted by Crippen LogP contribution is -2.43. The van der Waals surface area contributed by atoms with Gasteiger partial charge in [0.2, 0.25) is 0 Å². The molecular weight excluding hydrogens is 272 g/mol. The standard InChI is InChI=1S/C14H16N4O3/c1-8(2)18-11-9(7-16-18)5-10(6-15-11)12(19)17-14(3-4-14)13(20)21/h5-8H,3-4H2,1-2H3,(H,17,19)(H,20,21). The fraction of sp³-hybridized carbons (Fsp3) is 0.429. The molecule has 2 aromatic rings. The van der Waals surface area contributed by atoms with Crippen LogP contribution in [0.15, 0.2) is 18.5 Å². The molecule has 0 unspecified atom stereocenters. The number of fused-ring (bicyclic) bond motifs is 1. The van der Waals surface area contributed by atoms with Crippen molar-refractivity contribution in [2.45, 2.75) is 38.3 Å². The van der Waals surface area contributed by atoms with E-state index in [0.29, 0.717) is 24.1 Å². The fourth-order valence-electron chi connectivity index (χ4n) is 2.25. The van der Waals surface area contributed by atoms with Crippen molar-refractivity contribution in [3.63, 3.8) is 0 Å². The summed E-state index contributed by atoms with van der Waals surface area (Å²) in [5.74, 6) is -1.40. The summed E-state index contributed by atoms with van der Waals surface area (Å²) >= 11 is 0. The number of aliphatic carboxylic acids is 1. The van der Waals surface area contributed by atoms with Gasteiger partial charge in [-0.3, -0.25) is 4.79 Å². The summed E-state index contributed by atoms with van der Waals surface area (Å²) in [6.45, 7) is 4.00. The zero-order valence-electron chi connectivity index (χ0n) is 11.8. The Labute approximate surface area is 121 Å². The van der Waals surface area contributed by atoms with Crippen LogP contribution in [-0.4, -0.2) is 37.3 Å². The van der Waals surface area contributed by atoms with Crippen LogP contribution in [0.3, 0.4) is 0 Å². The molecule has 2 aromatic heterocycles. The summed E-state index contributed by atoms with van der Waals surface area (Å²) in [7, 11) is 0. The van der Waals surface area contributed by atoms with E-state index in [1.807, 2.05) is 13.8 Å². The first kappa shape index (κ1) is 13.5. The third-order valence-electron chi connectivity index (χ3n) is 3.70. The van der Waals surface area contributed by atoms with E-state index < -0.39 is 17.4 Å². The van der Waals surface area contributed by atoms with E-state index in [4.69, 9.17) is 5.11 Å². The van der Waals surface area contributed by atoms with E-state index in [-0.39, 0.29) is 6.04 Å². The van der Waals surface area contributed by atoms with Crippen molar-refractivity contribution in [2.24, 2.45) is 0 Å². The topological polar surface area (TPSA) is 97.1 Å². The number of carboxylic acid groups (broad SMARTS) is 1. The average molecular weight is 288 g/mol. The smallest absolute Gasteiger partial charge is 0.329 e. The number of pyridine rings is 1. The molecule has 0 radical (unpaired) electrons. The fourth-order valence-corrected chi connectivity index (χ4v) is 2.25. The summed E-state index contributed by atoms with van der Waals surface area (Å²) in [4.78, 5) is 27.5. The van der Waals surface area contributed by atoms with Gasteiger partial charge >= 0.3 is 5.97 Å². The van der Waals surface area contributed by atoms with Crippen molar-refractivity contribution in [2.75, 3.05) is 0 Å². The Bertz CT molecular complexity index is 731. The number of carboxylic acids is 1. The third-order valence-corrected chi connectivity index (χ3v) is 3.70. The summed E-state index contributed by atoms with van der Waals surface area (Å²) in [6.07, 6.45) is 4.05. The Hall–Kier alpha value is -2.44. The second kappa shape index (κ2) is 4.54. The van der Waals surface area contributed by atoms with E-state index >= 15 is 0 Å². The molecule has 2 N–H and O–H groups in total. The van der Waals surface area contributed by atoms with Crippen LogP contribution in [0.5, 0.6) is 0 Å². The third kappa shape index (κ3) is 2.24. The minimum absolute atomic E-state index is 0.177. The lowest BCUT2D eigenvalue weighted by molar-refractivity contribution is -0.140. The van der Waals surface area contributed by atoms with E-state index in [0.717, 1.165) is 5.39 Å². The molecule has 1 aliphatic carbocycles. The molecule has 0 bridgehead atoms. The van der Waals surface area contributed by atoms with Gasteiger partial charge in [0.25, 0.3) is 5.91 Å². The lowest BCUT2D eigenvalue weighted by Gasteiger charge is -2.12. The van der Waals surface area contributed by atoms with E-state index in [1.165, 1.54) is 6.20 Å². The van der Waals surface area contributed by atoms with Crippen molar-refractivity contribution < 1.29 is 14.7 Å². The lowest BCUT2D eigenvalue weighted by atomic mass is 10.2. The van der Waals surface area contributed by atoms with Crippen molar-refractivity contribution in [3.8, 4) is 0 Å². The minimum atomic E-state index is -1.09. The number of hydrogen-bond donors (Lipinski definition) is 2. The highest BCUT2D eigenvalue weighted by atomic mass is 16.4. The van der Waals surface area contributed by atoms with Crippen LogP contribution in [-0.2, 0) is 4.79 Å². The predicted octanol–water partition coefficient (Wildman–Crippen LogP) is 1.36. The molecule has 3 rings (SSSR count). The molecule has 1 fully saturated rings. The van der Waals surface area contributed by atoms with Gasteiger partial charge < -0.3 is 10.4 Å². The highest BCUT2D eigenvalue weighted by Gasteiger charge is 2.51. The van der Waals surface area contributed by atoms with Crippen LogP contribution in [0.25, 0.3) is 11.0 Å². The Morgan fingerprint density at radius 3 is 2.67 bits per heavy atom. The van der Waals surface area contributed by atoms with Gasteiger partial charge in [0.1, 0.15) is 5.54 Å². The number of carbonyl (C=O) groups excluding carboxylic acids is 1. The van der Waals surface area contributed by atoms with Crippen LogP contribution < -0.4 is 5.32 Å². The number of amides is 1. The summed E-state index contributed by atoms with van der Waals surface area (Å²) in [5.41, 5.74) is -0.0343. The summed E-state index contributed by atoms with van der Waals surface area (Å²) in [6, 6.07) is 1.86. The Morgan fingerprint density at radius 2 is 2.10 bits per heavy atom. The van der Waals surface area contributed by atoms with E-state index in [2.05, 4.69) is 15.4 Å². The largest absolute Gasteiger partial charge is 0.480 e. The Morgan fingerprint density at radius 1 is 1.38 bits per heavy atom. The van der Waals surface area contributed by atoms with Gasteiger partial charge in [-0.1, -0.05) is 0 Å². The maximum absolute atomic E-state index is 12.1. The number of rotatable bonds is 4. The van der Waals surface area contributed by atoms with Gasteiger partial charge in [-0.05, 0) is 32.8 Å². The summed E-state index contributed by atoms with van der Waals surface area (Å²) in [5, 5.41) is 16.7. The number of hydrogen-bond acceptors (Lipinski definition) is 4. The van der Waals surface area contributed by atoms with Crippen molar-refractivity contribution in [3.05, 3.63) is 24.0 Å². The van der Waals surface area contributed by atoms with Gasteiger partial charge in [-0.25, -0.2) is 14.5 Å². The molecule has 7 nitrogen and oxygen atoms in total. The second-order valence-corrected chi connectivity index (χ2v) is 5.66. The Balaban J connectivity index is 1.88. The molecule has 1 amide bonds. The number of carbonyl (C=O) groups is 2.